The van der Waals surface area contributed by atoms with Crippen LogP contribution in [0, 0.1) is 0 Å². The fourth-order valence-corrected chi connectivity index (χ4v) is 0.974. The summed E-state index contributed by atoms with van der Waals surface area (Å²) in [4.78, 5) is 0. The van der Waals surface area contributed by atoms with Gasteiger partial charge in [-0.05, 0) is 12.0 Å². The molecule has 65 valence electrons. The largest absolute Gasteiger partial charge is 0.396 e. The number of benzene rings is 1. The molecule has 0 heterocycles. The molecule has 0 aliphatic heterocycles. The summed E-state index contributed by atoms with van der Waals surface area (Å²) in [5.74, 6) is 0. The average molecular weight is 164 g/mol. The van der Waals surface area contributed by atoms with Crippen LogP contribution < -0.4 is 5.32 Å². The third kappa shape index (κ3) is 3.51. The molecule has 0 spiro atoms. The number of aliphatic hydroxyl groups is 1. The van der Waals surface area contributed by atoms with Crippen molar-refractivity contribution in [1.29, 1.82) is 0 Å². The lowest BCUT2D eigenvalue weighted by Gasteiger charge is -2.00. The van der Waals surface area contributed by atoms with Crippen LogP contribution in [0.15, 0.2) is 30.3 Å². The van der Waals surface area contributed by atoms with Gasteiger partial charge in [0.2, 0.25) is 0 Å². The number of hydrogen-bond acceptors (Lipinski definition) is 1. The van der Waals surface area contributed by atoms with Crippen molar-refractivity contribution >= 4 is 0 Å². The van der Waals surface area contributed by atoms with Crippen molar-refractivity contribution in [3.63, 3.8) is 0 Å². The zero-order chi connectivity index (χ0) is 8.65. The Morgan fingerprint density at radius 1 is 1.17 bits per heavy atom. The Labute approximate surface area is 73.2 Å². The second-order valence-electron chi connectivity index (χ2n) is 2.67. The van der Waals surface area contributed by atoms with E-state index in [1.54, 1.807) is 0 Å². The van der Waals surface area contributed by atoms with Crippen molar-refractivity contribution in [2.45, 2.75) is 13.0 Å². The molecule has 2 nitrogen and oxygen atoms in total. The van der Waals surface area contributed by atoms with Gasteiger partial charge in [0.1, 0.15) is 0 Å². The third-order valence-corrected chi connectivity index (χ3v) is 1.61. The normalized spacial score (nSPS) is 10.1. The van der Waals surface area contributed by atoms with Crippen molar-refractivity contribution in [3.8, 4) is 0 Å². The molecule has 1 aromatic carbocycles. The van der Waals surface area contributed by atoms with E-state index in [9.17, 15) is 0 Å². The van der Waals surface area contributed by atoms with Gasteiger partial charge in [-0.2, -0.15) is 0 Å². The van der Waals surface area contributed by atoms with E-state index in [0.29, 0.717) is 0 Å². The fraction of sp³-hybridized carbons (Fsp3) is 0.400. The first-order chi connectivity index (χ1) is 5.93. The Hall–Kier alpha value is -0.860. The maximum atomic E-state index is 8.50. The summed E-state index contributed by atoms with van der Waals surface area (Å²) in [6.45, 7) is 1.75. The number of nitrogens with zero attached hydrogens (tertiary/aromatic N) is 1. The molecule has 1 aromatic rings. The first-order valence-corrected chi connectivity index (χ1v) is 4.21. The van der Waals surface area contributed by atoms with Crippen molar-refractivity contribution in [1.82, 2.24) is 5.32 Å². The minimum Gasteiger partial charge on any atom is -0.396 e. The topological polar surface area (TPSA) is 34.3 Å². The SMILES string of the molecule is OCCC[N]Cc1ccccc1. The van der Waals surface area contributed by atoms with Crippen molar-refractivity contribution in [3.05, 3.63) is 35.9 Å². The molecule has 0 atom stereocenters. The Morgan fingerprint density at radius 2 is 1.92 bits per heavy atom. The van der Waals surface area contributed by atoms with E-state index < -0.39 is 0 Å². The first-order valence-electron chi connectivity index (χ1n) is 4.21. The van der Waals surface area contributed by atoms with E-state index >= 15 is 0 Å². The second kappa shape index (κ2) is 5.75. The molecule has 0 bridgehead atoms. The Morgan fingerprint density at radius 3 is 2.58 bits per heavy atom. The summed E-state index contributed by atoms with van der Waals surface area (Å²) in [5, 5.41) is 12.8. The van der Waals surface area contributed by atoms with Crippen molar-refractivity contribution in [2.24, 2.45) is 0 Å². The van der Waals surface area contributed by atoms with E-state index in [-0.39, 0.29) is 6.61 Å². The lowest BCUT2D eigenvalue weighted by Crippen LogP contribution is -2.07. The fourth-order valence-electron chi connectivity index (χ4n) is 0.974. The Balaban J connectivity index is 2.16. The molecule has 0 fully saturated rings. The van der Waals surface area contributed by atoms with Crippen LogP contribution in [-0.4, -0.2) is 18.3 Å². The minimum atomic E-state index is 0.234. The molecular formula is C10H14NO. The molecular weight excluding hydrogens is 150 g/mol. The van der Waals surface area contributed by atoms with E-state index in [1.165, 1.54) is 5.56 Å². The van der Waals surface area contributed by atoms with Crippen LogP contribution in [0.2, 0.25) is 0 Å². The molecule has 0 aromatic heterocycles. The van der Waals surface area contributed by atoms with Gasteiger partial charge in [-0.1, -0.05) is 30.3 Å². The molecule has 0 saturated heterocycles. The van der Waals surface area contributed by atoms with Crippen LogP contribution in [0.3, 0.4) is 0 Å². The number of rotatable bonds is 5. The van der Waals surface area contributed by atoms with Gasteiger partial charge in [-0.3, -0.25) is 0 Å². The summed E-state index contributed by atoms with van der Waals surface area (Å²) in [5.41, 5.74) is 1.23. The van der Waals surface area contributed by atoms with Crippen LogP contribution >= 0.6 is 0 Å². The maximum Gasteiger partial charge on any atom is 0.0443 e. The highest BCUT2D eigenvalue weighted by Gasteiger charge is 1.90. The molecule has 12 heavy (non-hydrogen) atoms. The predicted octanol–water partition coefficient (Wildman–Crippen LogP) is 1.17. The Kier molecular flexibility index (Phi) is 4.42. The van der Waals surface area contributed by atoms with Crippen LogP contribution in [0.25, 0.3) is 0 Å². The highest BCUT2D eigenvalue weighted by Crippen LogP contribution is 1.97. The minimum absolute atomic E-state index is 0.234. The highest BCUT2D eigenvalue weighted by molar-refractivity contribution is 5.14. The lowest BCUT2D eigenvalue weighted by molar-refractivity contribution is 0.285. The van der Waals surface area contributed by atoms with Crippen LogP contribution in [0.1, 0.15) is 12.0 Å². The highest BCUT2D eigenvalue weighted by atomic mass is 16.3. The smallest absolute Gasteiger partial charge is 0.0443 e. The third-order valence-electron chi connectivity index (χ3n) is 1.61. The average Bonchev–Trinajstić information content (AvgIpc) is 2.14. The summed E-state index contributed by atoms with van der Waals surface area (Å²) >= 11 is 0. The summed E-state index contributed by atoms with van der Waals surface area (Å²) in [7, 11) is 0. The number of hydrogen-bond donors (Lipinski definition) is 1. The lowest BCUT2D eigenvalue weighted by atomic mass is 10.2. The second-order valence-corrected chi connectivity index (χ2v) is 2.67. The molecule has 1 radical (unpaired) electrons. The molecule has 1 N–H and O–H groups in total. The van der Waals surface area contributed by atoms with Crippen molar-refractivity contribution in [2.75, 3.05) is 13.2 Å². The van der Waals surface area contributed by atoms with E-state index in [2.05, 4.69) is 17.4 Å². The molecule has 0 aliphatic rings. The van der Waals surface area contributed by atoms with Crippen molar-refractivity contribution < 1.29 is 5.11 Å². The summed E-state index contributed by atoms with van der Waals surface area (Å²) in [6.07, 6.45) is 0.771. The van der Waals surface area contributed by atoms with E-state index in [4.69, 9.17) is 5.11 Å². The number of aliphatic hydroxyl groups excluding tert-OH is 1. The van der Waals surface area contributed by atoms with Crippen LogP contribution in [0.4, 0.5) is 0 Å². The van der Waals surface area contributed by atoms with Crippen LogP contribution in [0.5, 0.6) is 0 Å². The molecule has 0 unspecified atom stereocenters. The van der Waals surface area contributed by atoms with Gasteiger partial charge < -0.3 is 5.11 Å². The summed E-state index contributed by atoms with van der Waals surface area (Å²) < 4.78 is 0. The molecule has 0 saturated carbocycles. The quantitative estimate of drug-likeness (QED) is 0.651. The van der Waals surface area contributed by atoms with Gasteiger partial charge in [-0.25, -0.2) is 5.32 Å². The Bertz CT molecular complexity index is 198. The standard InChI is InChI=1S/C10H14NO/c12-8-4-7-11-9-10-5-2-1-3-6-10/h1-3,5-6,12H,4,7-9H2. The zero-order valence-corrected chi connectivity index (χ0v) is 7.11. The van der Waals surface area contributed by atoms with Gasteiger partial charge >= 0.3 is 0 Å². The molecule has 0 amide bonds. The first kappa shape index (κ1) is 9.23. The van der Waals surface area contributed by atoms with E-state index in [0.717, 1.165) is 19.5 Å². The predicted molar refractivity (Wildman–Crippen MR) is 48.8 cm³/mol. The summed E-state index contributed by atoms with van der Waals surface area (Å²) in [6, 6.07) is 10.1. The van der Waals surface area contributed by atoms with Gasteiger partial charge in [0.25, 0.3) is 0 Å². The van der Waals surface area contributed by atoms with Gasteiger partial charge in [-0.15, -0.1) is 0 Å². The molecule has 0 aliphatic carbocycles. The van der Waals surface area contributed by atoms with Crippen LogP contribution in [-0.2, 0) is 6.54 Å². The van der Waals surface area contributed by atoms with Gasteiger partial charge in [0, 0.05) is 19.7 Å². The molecule has 2 heteroatoms. The van der Waals surface area contributed by atoms with Gasteiger partial charge in [0.05, 0.1) is 0 Å². The zero-order valence-electron chi connectivity index (χ0n) is 7.11. The maximum absolute atomic E-state index is 8.50. The van der Waals surface area contributed by atoms with E-state index in [1.807, 2.05) is 18.2 Å². The monoisotopic (exact) mass is 164 g/mol. The van der Waals surface area contributed by atoms with Gasteiger partial charge in [0.15, 0.2) is 0 Å². The molecule has 1 rings (SSSR count).